The molecule has 1 aromatic heterocycles. The van der Waals surface area contributed by atoms with E-state index in [-0.39, 0.29) is 6.10 Å². The standard InChI is InChI=1S/C28H38N4O/c1-20(2)33-24-15-11-22(12-16-24)19-29-18-21-9-13-23(14-10-21)30-28-17-27(32(3)4)25-7-5-6-8-26(25)31-28/h5-8,11-12,15-17,20-21,23,29H,9-10,13-14,18-19H2,1-4H3,(H,30,31). The van der Waals surface area contributed by atoms with Gasteiger partial charge in [-0.3, -0.25) is 0 Å². The van der Waals surface area contributed by atoms with Crippen molar-refractivity contribution in [2.45, 2.75) is 58.2 Å². The predicted octanol–water partition coefficient (Wildman–Crippen LogP) is 5.85. The number of nitrogens with one attached hydrogen (secondary N) is 2. The Morgan fingerprint density at radius 1 is 1.00 bits per heavy atom. The van der Waals surface area contributed by atoms with E-state index in [1.165, 1.54) is 42.3 Å². The van der Waals surface area contributed by atoms with Crippen molar-refractivity contribution in [1.29, 1.82) is 0 Å². The smallest absolute Gasteiger partial charge is 0.128 e. The van der Waals surface area contributed by atoms with E-state index in [4.69, 9.17) is 9.72 Å². The number of para-hydroxylation sites is 1. The topological polar surface area (TPSA) is 49.4 Å². The number of ether oxygens (including phenoxy) is 1. The van der Waals surface area contributed by atoms with E-state index in [2.05, 4.69) is 98.1 Å². The number of hydrogen-bond donors (Lipinski definition) is 2. The van der Waals surface area contributed by atoms with E-state index >= 15 is 0 Å². The lowest BCUT2D eigenvalue weighted by molar-refractivity contribution is 0.242. The van der Waals surface area contributed by atoms with Gasteiger partial charge in [-0.25, -0.2) is 4.98 Å². The molecule has 0 bridgehead atoms. The zero-order chi connectivity index (χ0) is 23.2. The Kier molecular flexibility index (Phi) is 7.71. The molecule has 5 nitrogen and oxygen atoms in total. The minimum atomic E-state index is 0.214. The summed E-state index contributed by atoms with van der Waals surface area (Å²) in [5, 5.41) is 8.58. The predicted molar refractivity (Wildman–Crippen MR) is 139 cm³/mol. The average Bonchev–Trinajstić information content (AvgIpc) is 2.80. The molecular weight excluding hydrogens is 408 g/mol. The molecule has 33 heavy (non-hydrogen) atoms. The average molecular weight is 447 g/mol. The highest BCUT2D eigenvalue weighted by Crippen LogP contribution is 2.30. The lowest BCUT2D eigenvalue weighted by atomic mass is 9.86. The molecule has 0 unspecified atom stereocenters. The van der Waals surface area contributed by atoms with Gasteiger partial charge in [0, 0.05) is 43.8 Å². The molecule has 1 saturated carbocycles. The van der Waals surface area contributed by atoms with Crippen molar-refractivity contribution in [3.63, 3.8) is 0 Å². The minimum Gasteiger partial charge on any atom is -0.491 e. The molecule has 5 heteroatoms. The van der Waals surface area contributed by atoms with Crippen LogP contribution in [-0.2, 0) is 6.54 Å². The van der Waals surface area contributed by atoms with E-state index in [1.54, 1.807) is 0 Å². The van der Waals surface area contributed by atoms with Crippen LogP contribution in [0.15, 0.2) is 54.6 Å². The molecule has 0 amide bonds. The molecule has 4 rings (SSSR count). The van der Waals surface area contributed by atoms with Crippen LogP contribution in [0.2, 0.25) is 0 Å². The van der Waals surface area contributed by atoms with Gasteiger partial charge in [0.1, 0.15) is 11.6 Å². The maximum Gasteiger partial charge on any atom is 0.128 e. The molecule has 1 heterocycles. The van der Waals surface area contributed by atoms with E-state index in [9.17, 15) is 0 Å². The number of rotatable bonds is 9. The number of pyridine rings is 1. The fourth-order valence-electron chi connectivity index (χ4n) is 4.70. The highest BCUT2D eigenvalue weighted by atomic mass is 16.5. The third-order valence-corrected chi connectivity index (χ3v) is 6.43. The Balaban J connectivity index is 1.24. The normalized spacial score (nSPS) is 18.5. The highest BCUT2D eigenvalue weighted by molar-refractivity contribution is 5.93. The maximum atomic E-state index is 5.73. The van der Waals surface area contributed by atoms with Crippen molar-refractivity contribution < 1.29 is 4.74 Å². The third-order valence-electron chi connectivity index (χ3n) is 6.43. The highest BCUT2D eigenvalue weighted by Gasteiger charge is 2.21. The van der Waals surface area contributed by atoms with Gasteiger partial charge in [0.2, 0.25) is 0 Å². The van der Waals surface area contributed by atoms with Crippen molar-refractivity contribution >= 4 is 22.4 Å². The second kappa shape index (κ2) is 10.9. The summed E-state index contributed by atoms with van der Waals surface area (Å²) in [6.07, 6.45) is 5.10. The second-order valence-electron chi connectivity index (χ2n) is 9.74. The lowest BCUT2D eigenvalue weighted by Crippen LogP contribution is -2.31. The van der Waals surface area contributed by atoms with Gasteiger partial charge in [-0.15, -0.1) is 0 Å². The summed E-state index contributed by atoms with van der Waals surface area (Å²) < 4.78 is 5.73. The minimum absolute atomic E-state index is 0.214. The number of aromatic nitrogens is 1. The molecule has 1 fully saturated rings. The van der Waals surface area contributed by atoms with E-state index in [0.29, 0.717) is 6.04 Å². The molecule has 176 valence electrons. The summed E-state index contributed by atoms with van der Waals surface area (Å²) in [7, 11) is 4.19. The molecular formula is C28H38N4O. The lowest BCUT2D eigenvalue weighted by Gasteiger charge is -2.30. The fourth-order valence-corrected chi connectivity index (χ4v) is 4.70. The Hall–Kier alpha value is -2.79. The number of anilines is 2. The van der Waals surface area contributed by atoms with Crippen LogP contribution in [0.3, 0.4) is 0 Å². The zero-order valence-corrected chi connectivity index (χ0v) is 20.5. The molecule has 0 saturated heterocycles. The van der Waals surface area contributed by atoms with Gasteiger partial charge in [0.15, 0.2) is 0 Å². The number of nitrogens with zero attached hydrogens (tertiary/aromatic N) is 2. The van der Waals surface area contributed by atoms with Crippen molar-refractivity contribution in [1.82, 2.24) is 10.3 Å². The summed E-state index contributed by atoms with van der Waals surface area (Å²) in [6.45, 7) is 6.10. The first-order valence-electron chi connectivity index (χ1n) is 12.3. The Bertz CT molecular complexity index is 1020. The van der Waals surface area contributed by atoms with Crippen molar-refractivity contribution in [2.75, 3.05) is 30.9 Å². The van der Waals surface area contributed by atoms with Gasteiger partial charge in [-0.05, 0) is 75.8 Å². The van der Waals surface area contributed by atoms with Crippen LogP contribution in [-0.4, -0.2) is 37.8 Å². The molecule has 3 aromatic rings. The molecule has 0 radical (unpaired) electrons. The first-order valence-corrected chi connectivity index (χ1v) is 12.3. The van der Waals surface area contributed by atoms with Crippen molar-refractivity contribution in [3.05, 3.63) is 60.2 Å². The molecule has 1 aliphatic rings. The maximum absolute atomic E-state index is 5.73. The number of fused-ring (bicyclic) bond motifs is 1. The summed E-state index contributed by atoms with van der Waals surface area (Å²) >= 11 is 0. The van der Waals surface area contributed by atoms with Gasteiger partial charge < -0.3 is 20.3 Å². The van der Waals surface area contributed by atoms with Crippen molar-refractivity contribution in [2.24, 2.45) is 5.92 Å². The van der Waals surface area contributed by atoms with Gasteiger partial charge in [-0.1, -0.05) is 30.3 Å². The quantitative estimate of drug-likeness (QED) is 0.432. The monoisotopic (exact) mass is 446 g/mol. The Labute approximate surface area is 198 Å². The van der Waals surface area contributed by atoms with Crippen LogP contribution in [0.5, 0.6) is 5.75 Å². The third kappa shape index (κ3) is 6.38. The van der Waals surface area contributed by atoms with E-state index < -0.39 is 0 Å². The molecule has 0 aliphatic heterocycles. The summed E-state index contributed by atoms with van der Waals surface area (Å²) in [4.78, 5) is 7.05. The van der Waals surface area contributed by atoms with Gasteiger partial charge in [-0.2, -0.15) is 0 Å². The molecule has 0 spiro atoms. The fraction of sp³-hybridized carbons (Fsp3) is 0.464. The molecule has 0 atom stereocenters. The summed E-state index contributed by atoms with van der Waals surface area (Å²) in [5.41, 5.74) is 3.57. The van der Waals surface area contributed by atoms with E-state index in [0.717, 1.165) is 36.1 Å². The SMILES string of the molecule is CC(C)Oc1ccc(CNCC2CCC(Nc3cc(N(C)C)c4ccccc4n3)CC2)cc1. The Morgan fingerprint density at radius 2 is 1.73 bits per heavy atom. The number of hydrogen-bond acceptors (Lipinski definition) is 5. The van der Waals surface area contributed by atoms with Gasteiger partial charge in [0.05, 0.1) is 11.6 Å². The largest absolute Gasteiger partial charge is 0.491 e. The summed E-state index contributed by atoms with van der Waals surface area (Å²) in [5.74, 6) is 2.68. The molecule has 1 aliphatic carbocycles. The first kappa shape index (κ1) is 23.4. The van der Waals surface area contributed by atoms with Crippen molar-refractivity contribution in [3.8, 4) is 5.75 Å². The first-order chi connectivity index (χ1) is 16.0. The zero-order valence-electron chi connectivity index (χ0n) is 20.5. The van der Waals surface area contributed by atoms with Crippen LogP contribution in [0.4, 0.5) is 11.5 Å². The molecule has 2 aromatic carbocycles. The van der Waals surface area contributed by atoms with Gasteiger partial charge >= 0.3 is 0 Å². The van der Waals surface area contributed by atoms with Crippen LogP contribution in [0, 0.1) is 5.92 Å². The van der Waals surface area contributed by atoms with E-state index in [1.807, 2.05) is 0 Å². The Morgan fingerprint density at radius 3 is 2.42 bits per heavy atom. The number of benzene rings is 2. The van der Waals surface area contributed by atoms with Crippen LogP contribution in [0.1, 0.15) is 45.1 Å². The van der Waals surface area contributed by atoms with Crippen LogP contribution < -0.4 is 20.3 Å². The van der Waals surface area contributed by atoms with Crippen LogP contribution >= 0.6 is 0 Å². The summed E-state index contributed by atoms with van der Waals surface area (Å²) in [6, 6.07) is 19.5. The second-order valence-corrected chi connectivity index (χ2v) is 9.74. The van der Waals surface area contributed by atoms with Crippen LogP contribution in [0.25, 0.3) is 10.9 Å². The van der Waals surface area contributed by atoms with Gasteiger partial charge in [0.25, 0.3) is 0 Å². The molecule has 2 N–H and O–H groups in total.